The van der Waals surface area contributed by atoms with Crippen molar-refractivity contribution in [3.8, 4) is 0 Å². The van der Waals surface area contributed by atoms with Crippen LogP contribution in [0.5, 0.6) is 0 Å². The largest absolute Gasteiger partial charge is 0.394 e. The third-order valence-electron chi connectivity index (χ3n) is 3.00. The van der Waals surface area contributed by atoms with E-state index in [1.165, 1.54) is 19.4 Å². The lowest BCUT2D eigenvalue weighted by atomic mass is 10.1. The van der Waals surface area contributed by atoms with E-state index in [1.807, 2.05) is 0 Å². The van der Waals surface area contributed by atoms with Gasteiger partial charge in [0.25, 0.3) is 5.91 Å². The number of carbonyl (C=O) groups excluding carboxylic acids is 1. The van der Waals surface area contributed by atoms with Gasteiger partial charge in [-0.05, 0) is 0 Å². The second-order valence-electron chi connectivity index (χ2n) is 4.10. The summed E-state index contributed by atoms with van der Waals surface area (Å²) >= 11 is 0. The predicted molar refractivity (Wildman–Crippen MR) is 60.8 cm³/mol. The number of hydrogen-bond donors (Lipinski definition) is 3. The molecule has 0 radical (unpaired) electrons. The molecule has 2 heterocycles. The van der Waals surface area contributed by atoms with Crippen LogP contribution in [-0.4, -0.2) is 59.3 Å². The normalized spacial score (nSPS) is 36.1. The second-order valence-corrected chi connectivity index (χ2v) is 4.10. The van der Waals surface area contributed by atoms with E-state index in [-0.39, 0.29) is 12.5 Å². The maximum atomic E-state index is 11.1. The molecule has 1 amide bonds. The van der Waals surface area contributed by atoms with Crippen molar-refractivity contribution >= 4 is 5.91 Å². The summed E-state index contributed by atoms with van der Waals surface area (Å²) in [7, 11) is 1.44. The van der Waals surface area contributed by atoms with E-state index >= 15 is 0 Å². The van der Waals surface area contributed by atoms with Crippen molar-refractivity contribution in [1.29, 1.82) is 0 Å². The van der Waals surface area contributed by atoms with Crippen LogP contribution in [0.4, 0.5) is 0 Å². The highest BCUT2D eigenvalue weighted by Crippen LogP contribution is 2.28. The first-order chi connectivity index (χ1) is 8.58. The molecular weight excluding hydrogens is 240 g/mol. The molecule has 7 heteroatoms. The van der Waals surface area contributed by atoms with Gasteiger partial charge in [0.2, 0.25) is 0 Å². The fraction of sp³-hybridized carbons (Fsp3) is 0.545. The Morgan fingerprint density at radius 2 is 2.39 bits per heavy atom. The van der Waals surface area contributed by atoms with Gasteiger partial charge in [0.1, 0.15) is 24.1 Å². The molecule has 0 saturated carbocycles. The van der Waals surface area contributed by atoms with Gasteiger partial charge in [-0.3, -0.25) is 4.79 Å². The summed E-state index contributed by atoms with van der Waals surface area (Å²) in [5, 5.41) is 21.5. The van der Waals surface area contributed by atoms with Crippen molar-refractivity contribution < 1.29 is 24.5 Å². The summed E-state index contributed by atoms with van der Waals surface area (Å²) in [6, 6.07) is 0. The molecular formula is C11H16N2O5. The van der Waals surface area contributed by atoms with Gasteiger partial charge in [-0.2, -0.15) is 0 Å². The van der Waals surface area contributed by atoms with E-state index in [4.69, 9.17) is 14.6 Å². The standard InChI is InChI=1S/C11H16N2O5/c1-6-12-8(15)3-4-13(6)11-10(17-2)9(16)7(5-14)18-11/h3-4,7,9-11,14,16H,1,5H2,2H3,(H,12,15). The Morgan fingerprint density at radius 3 is 2.94 bits per heavy atom. The predicted octanol–water partition coefficient (Wildman–Crippen LogP) is -1.50. The minimum absolute atomic E-state index is 0.275. The number of carbonyl (C=O) groups is 1. The average molecular weight is 256 g/mol. The minimum atomic E-state index is -0.941. The van der Waals surface area contributed by atoms with E-state index in [0.29, 0.717) is 5.82 Å². The lowest BCUT2D eigenvalue weighted by Crippen LogP contribution is -2.47. The van der Waals surface area contributed by atoms with Gasteiger partial charge < -0.3 is 29.9 Å². The third kappa shape index (κ3) is 2.13. The maximum Gasteiger partial charge on any atom is 0.250 e. The molecule has 2 aliphatic heterocycles. The van der Waals surface area contributed by atoms with Crippen molar-refractivity contribution in [1.82, 2.24) is 10.2 Å². The van der Waals surface area contributed by atoms with Gasteiger partial charge in [-0.1, -0.05) is 6.58 Å². The van der Waals surface area contributed by atoms with Crippen LogP contribution >= 0.6 is 0 Å². The monoisotopic (exact) mass is 256 g/mol. The third-order valence-corrected chi connectivity index (χ3v) is 3.00. The van der Waals surface area contributed by atoms with Crippen molar-refractivity contribution in [2.45, 2.75) is 24.5 Å². The number of hydrogen-bond acceptors (Lipinski definition) is 6. The highest BCUT2D eigenvalue weighted by Gasteiger charge is 2.46. The van der Waals surface area contributed by atoms with E-state index in [2.05, 4.69) is 11.9 Å². The Bertz CT molecular complexity index is 384. The van der Waals surface area contributed by atoms with Crippen LogP contribution < -0.4 is 5.32 Å². The Labute approximate surface area is 104 Å². The second kappa shape index (κ2) is 5.07. The fourth-order valence-corrected chi connectivity index (χ4v) is 2.07. The molecule has 100 valence electrons. The number of aliphatic hydroxyl groups is 2. The summed E-state index contributed by atoms with van der Waals surface area (Å²) in [5.74, 6) is 0.0582. The van der Waals surface area contributed by atoms with Gasteiger partial charge in [0.05, 0.1) is 6.61 Å². The van der Waals surface area contributed by atoms with Gasteiger partial charge in [-0.25, -0.2) is 0 Å². The highest BCUT2D eigenvalue weighted by molar-refractivity contribution is 5.89. The fourth-order valence-electron chi connectivity index (χ4n) is 2.07. The number of aliphatic hydroxyl groups excluding tert-OH is 2. The highest BCUT2D eigenvalue weighted by atomic mass is 16.6. The van der Waals surface area contributed by atoms with Crippen LogP contribution in [0.3, 0.4) is 0 Å². The van der Waals surface area contributed by atoms with E-state index in [1.54, 1.807) is 4.90 Å². The first-order valence-electron chi connectivity index (χ1n) is 5.52. The van der Waals surface area contributed by atoms with E-state index in [0.717, 1.165) is 0 Å². The number of nitrogens with zero attached hydrogens (tertiary/aromatic N) is 1. The molecule has 1 saturated heterocycles. The Morgan fingerprint density at radius 1 is 1.67 bits per heavy atom. The zero-order chi connectivity index (χ0) is 13.3. The molecule has 0 aliphatic carbocycles. The Kier molecular flexibility index (Phi) is 3.67. The smallest absolute Gasteiger partial charge is 0.250 e. The van der Waals surface area contributed by atoms with Crippen LogP contribution in [0.1, 0.15) is 0 Å². The van der Waals surface area contributed by atoms with Gasteiger partial charge in [-0.15, -0.1) is 0 Å². The molecule has 0 bridgehead atoms. The first-order valence-corrected chi connectivity index (χ1v) is 5.52. The van der Waals surface area contributed by atoms with Crippen molar-refractivity contribution in [3.05, 3.63) is 24.7 Å². The summed E-state index contributed by atoms with van der Waals surface area (Å²) in [4.78, 5) is 12.7. The molecule has 0 aromatic carbocycles. The number of rotatable bonds is 3. The Balaban J connectivity index is 2.19. The number of ether oxygens (including phenoxy) is 2. The zero-order valence-corrected chi connectivity index (χ0v) is 9.94. The average Bonchev–Trinajstić information content (AvgIpc) is 2.65. The summed E-state index contributed by atoms with van der Waals surface area (Å²) in [5.41, 5.74) is 0. The van der Waals surface area contributed by atoms with Crippen LogP contribution in [0.2, 0.25) is 0 Å². The molecule has 2 aliphatic rings. The lowest BCUT2D eigenvalue weighted by Gasteiger charge is -2.33. The van der Waals surface area contributed by atoms with Gasteiger partial charge >= 0.3 is 0 Å². The van der Waals surface area contributed by atoms with Crippen LogP contribution in [0, 0.1) is 0 Å². The summed E-state index contributed by atoms with van der Waals surface area (Å²) in [6.45, 7) is 3.39. The number of methoxy groups -OCH3 is 1. The van der Waals surface area contributed by atoms with Crippen LogP contribution in [0.15, 0.2) is 24.7 Å². The Hall–Kier alpha value is -1.41. The lowest BCUT2D eigenvalue weighted by molar-refractivity contribution is -0.118. The summed E-state index contributed by atoms with van der Waals surface area (Å²) in [6.07, 6.45) is -0.124. The molecule has 7 nitrogen and oxygen atoms in total. The molecule has 4 unspecified atom stereocenters. The molecule has 0 aromatic heterocycles. The molecule has 0 spiro atoms. The summed E-state index contributed by atoms with van der Waals surface area (Å²) < 4.78 is 10.7. The van der Waals surface area contributed by atoms with Crippen molar-refractivity contribution in [2.75, 3.05) is 13.7 Å². The van der Waals surface area contributed by atoms with Crippen LogP contribution in [0.25, 0.3) is 0 Å². The molecule has 0 aromatic rings. The van der Waals surface area contributed by atoms with Crippen molar-refractivity contribution in [2.24, 2.45) is 0 Å². The van der Waals surface area contributed by atoms with E-state index < -0.39 is 24.5 Å². The van der Waals surface area contributed by atoms with Gasteiger partial charge in [0, 0.05) is 19.4 Å². The van der Waals surface area contributed by atoms with Crippen molar-refractivity contribution in [3.63, 3.8) is 0 Å². The molecule has 18 heavy (non-hydrogen) atoms. The molecule has 2 rings (SSSR count). The minimum Gasteiger partial charge on any atom is -0.394 e. The molecule has 3 N–H and O–H groups in total. The maximum absolute atomic E-state index is 11.1. The number of nitrogens with one attached hydrogen (secondary N) is 1. The van der Waals surface area contributed by atoms with Gasteiger partial charge in [0.15, 0.2) is 6.23 Å². The molecule has 1 fully saturated rings. The topological polar surface area (TPSA) is 91.3 Å². The SMILES string of the molecule is C=C1NC(=O)C=CN1C1OC(CO)C(O)C1OC. The molecule has 4 atom stereocenters. The first kappa shape index (κ1) is 13.0. The van der Waals surface area contributed by atoms with E-state index in [9.17, 15) is 9.90 Å². The number of amides is 1. The zero-order valence-electron chi connectivity index (χ0n) is 9.94. The van der Waals surface area contributed by atoms with Crippen LogP contribution in [-0.2, 0) is 14.3 Å². The quantitative estimate of drug-likeness (QED) is 0.569.